The minimum atomic E-state index is -0.573. The van der Waals surface area contributed by atoms with Crippen molar-refractivity contribution >= 4 is 27.7 Å². The summed E-state index contributed by atoms with van der Waals surface area (Å²) in [5.41, 5.74) is 0.474. The number of hydrogen-bond donors (Lipinski definition) is 1. The minimum absolute atomic E-state index is 0.00896. The largest absolute Gasteiger partial charge is 0.497 e. The topological polar surface area (TPSA) is 67.9 Å². The number of nitrogens with zero attached hydrogens (tertiary/aromatic N) is 1. The third-order valence-corrected chi connectivity index (χ3v) is 5.43. The Kier molecular flexibility index (Phi) is 6.74. The van der Waals surface area contributed by atoms with Crippen molar-refractivity contribution in [3.63, 3.8) is 0 Å². The Morgan fingerprint density at radius 1 is 1.07 bits per heavy atom. The number of likely N-dealkylation sites (tertiary alicyclic amines) is 1. The highest BCUT2D eigenvalue weighted by Gasteiger charge is 2.27. The summed E-state index contributed by atoms with van der Waals surface area (Å²) in [4.78, 5) is 26.9. The van der Waals surface area contributed by atoms with Crippen molar-refractivity contribution in [3.8, 4) is 11.5 Å². The molecule has 29 heavy (non-hydrogen) atoms. The molecule has 1 fully saturated rings. The molecule has 6 nitrogen and oxygen atoms in total. The molecule has 1 aliphatic rings. The Morgan fingerprint density at radius 2 is 1.76 bits per heavy atom. The van der Waals surface area contributed by atoms with Crippen molar-refractivity contribution in [2.24, 2.45) is 0 Å². The highest BCUT2D eigenvalue weighted by molar-refractivity contribution is 9.10. The number of carbonyl (C=O) groups excluding carboxylic acids is 2. The van der Waals surface area contributed by atoms with Crippen LogP contribution in [0.3, 0.4) is 0 Å². The van der Waals surface area contributed by atoms with E-state index in [0.29, 0.717) is 47.5 Å². The number of hydrogen-bond acceptors (Lipinski definition) is 4. The predicted octanol–water partition coefficient (Wildman–Crippen LogP) is 3.64. The lowest BCUT2D eigenvalue weighted by atomic mass is 10.0. The first-order chi connectivity index (χ1) is 13.9. The van der Waals surface area contributed by atoms with Crippen LogP contribution in [-0.2, 0) is 0 Å². The van der Waals surface area contributed by atoms with E-state index < -0.39 is 11.7 Å². The summed E-state index contributed by atoms with van der Waals surface area (Å²) in [6, 6.07) is 9.29. The van der Waals surface area contributed by atoms with Crippen molar-refractivity contribution in [1.29, 1.82) is 0 Å². The Balaban J connectivity index is 1.60. The molecule has 8 heteroatoms. The normalized spacial score (nSPS) is 14.4. The summed E-state index contributed by atoms with van der Waals surface area (Å²) in [6.07, 6.45) is 1.18. The minimum Gasteiger partial charge on any atom is -0.497 e. The van der Waals surface area contributed by atoms with Gasteiger partial charge in [-0.2, -0.15) is 0 Å². The summed E-state index contributed by atoms with van der Waals surface area (Å²) in [5.74, 6) is -0.0867. The number of carbonyl (C=O) groups is 2. The third kappa shape index (κ3) is 4.87. The molecule has 154 valence electrons. The fourth-order valence-corrected chi connectivity index (χ4v) is 3.64. The number of benzene rings is 2. The molecular formula is C21H22BrFN2O4. The van der Waals surface area contributed by atoms with Crippen molar-refractivity contribution in [3.05, 3.63) is 57.8 Å². The first-order valence-corrected chi connectivity index (χ1v) is 9.99. The Labute approximate surface area is 177 Å². The van der Waals surface area contributed by atoms with Gasteiger partial charge in [0.05, 0.1) is 25.3 Å². The number of nitrogens with one attached hydrogen (secondary N) is 1. The fourth-order valence-electron chi connectivity index (χ4n) is 3.31. The van der Waals surface area contributed by atoms with E-state index in [1.54, 1.807) is 36.3 Å². The van der Waals surface area contributed by atoms with E-state index in [9.17, 15) is 14.0 Å². The van der Waals surface area contributed by atoms with Crippen LogP contribution in [0.25, 0.3) is 0 Å². The van der Waals surface area contributed by atoms with Crippen LogP contribution < -0.4 is 14.8 Å². The second-order valence-corrected chi connectivity index (χ2v) is 7.65. The van der Waals surface area contributed by atoms with Gasteiger partial charge in [-0.25, -0.2) is 4.39 Å². The van der Waals surface area contributed by atoms with Gasteiger partial charge < -0.3 is 19.7 Å². The lowest BCUT2D eigenvalue weighted by molar-refractivity contribution is 0.0694. The lowest BCUT2D eigenvalue weighted by Gasteiger charge is -2.32. The molecule has 0 bridgehead atoms. The van der Waals surface area contributed by atoms with E-state index in [-0.39, 0.29) is 17.5 Å². The smallest absolute Gasteiger partial charge is 0.257 e. The zero-order chi connectivity index (χ0) is 21.0. The monoisotopic (exact) mass is 464 g/mol. The van der Waals surface area contributed by atoms with Crippen LogP contribution in [-0.4, -0.2) is 50.1 Å². The number of piperidine rings is 1. The van der Waals surface area contributed by atoms with Crippen LogP contribution in [0.4, 0.5) is 4.39 Å². The van der Waals surface area contributed by atoms with Gasteiger partial charge in [0.25, 0.3) is 11.8 Å². The molecule has 0 aromatic heterocycles. The second-order valence-electron chi connectivity index (χ2n) is 6.73. The van der Waals surface area contributed by atoms with E-state index in [1.165, 1.54) is 19.2 Å². The Hall–Kier alpha value is -2.61. The number of amides is 2. The predicted molar refractivity (Wildman–Crippen MR) is 110 cm³/mol. The van der Waals surface area contributed by atoms with Crippen LogP contribution in [0.2, 0.25) is 0 Å². The first-order valence-electron chi connectivity index (χ1n) is 9.20. The summed E-state index contributed by atoms with van der Waals surface area (Å²) >= 11 is 3.18. The van der Waals surface area contributed by atoms with Gasteiger partial charge in [-0.05, 0) is 43.2 Å². The SMILES string of the molecule is COc1ccc(C(=O)N2CCC(NC(=O)c3ccc(Br)cc3F)CC2)c(OC)c1. The van der Waals surface area contributed by atoms with Gasteiger partial charge in [0, 0.05) is 29.7 Å². The number of ether oxygens (including phenoxy) is 2. The quantitative estimate of drug-likeness (QED) is 0.733. The van der Waals surface area contributed by atoms with E-state index in [2.05, 4.69) is 21.2 Å². The molecular weight excluding hydrogens is 443 g/mol. The van der Waals surface area contributed by atoms with Gasteiger partial charge in [0.15, 0.2) is 0 Å². The maximum absolute atomic E-state index is 14.0. The third-order valence-electron chi connectivity index (χ3n) is 4.93. The summed E-state index contributed by atoms with van der Waals surface area (Å²) < 4.78 is 25.0. The van der Waals surface area contributed by atoms with Crippen LogP contribution in [0.1, 0.15) is 33.6 Å². The van der Waals surface area contributed by atoms with Gasteiger partial charge >= 0.3 is 0 Å². The molecule has 0 atom stereocenters. The zero-order valence-corrected chi connectivity index (χ0v) is 17.8. The Morgan fingerprint density at radius 3 is 2.38 bits per heavy atom. The maximum atomic E-state index is 14.0. The van der Waals surface area contributed by atoms with Crippen molar-refractivity contribution in [2.45, 2.75) is 18.9 Å². The molecule has 1 aliphatic heterocycles. The van der Waals surface area contributed by atoms with E-state index in [0.717, 1.165) is 0 Å². The number of rotatable bonds is 5. The second kappa shape index (κ2) is 9.26. The van der Waals surface area contributed by atoms with Crippen LogP contribution in [0, 0.1) is 5.82 Å². The number of methoxy groups -OCH3 is 2. The molecule has 3 rings (SSSR count). The molecule has 0 saturated carbocycles. The average Bonchev–Trinajstić information content (AvgIpc) is 2.73. The van der Waals surface area contributed by atoms with E-state index >= 15 is 0 Å². The first kappa shape index (κ1) is 21.1. The summed E-state index contributed by atoms with van der Waals surface area (Å²) in [5, 5.41) is 2.86. The molecule has 0 spiro atoms. The fraction of sp³-hybridized carbons (Fsp3) is 0.333. The molecule has 2 amide bonds. The zero-order valence-electron chi connectivity index (χ0n) is 16.2. The van der Waals surface area contributed by atoms with Gasteiger partial charge in [-0.15, -0.1) is 0 Å². The van der Waals surface area contributed by atoms with Crippen molar-refractivity contribution in [1.82, 2.24) is 10.2 Å². The maximum Gasteiger partial charge on any atom is 0.257 e. The molecule has 1 heterocycles. The van der Waals surface area contributed by atoms with Gasteiger partial charge in [0.2, 0.25) is 0 Å². The number of halogens is 2. The molecule has 1 saturated heterocycles. The van der Waals surface area contributed by atoms with E-state index in [1.807, 2.05) is 0 Å². The van der Waals surface area contributed by atoms with E-state index in [4.69, 9.17) is 9.47 Å². The van der Waals surface area contributed by atoms with Crippen molar-refractivity contribution < 1.29 is 23.5 Å². The highest BCUT2D eigenvalue weighted by atomic mass is 79.9. The molecule has 0 aliphatic carbocycles. The standard InChI is InChI=1S/C21H22BrFN2O4/c1-28-15-4-6-17(19(12-15)29-2)21(27)25-9-7-14(8-10-25)24-20(26)16-5-3-13(22)11-18(16)23/h3-6,11-12,14H,7-10H2,1-2H3,(H,24,26). The Bertz CT molecular complexity index is 914. The summed E-state index contributed by atoms with van der Waals surface area (Å²) in [7, 11) is 3.06. The van der Waals surface area contributed by atoms with Crippen LogP contribution >= 0.6 is 15.9 Å². The molecule has 2 aromatic carbocycles. The van der Waals surface area contributed by atoms with Crippen molar-refractivity contribution in [2.75, 3.05) is 27.3 Å². The van der Waals surface area contributed by atoms with Crippen LogP contribution in [0.15, 0.2) is 40.9 Å². The van der Waals surface area contributed by atoms with Gasteiger partial charge in [-0.3, -0.25) is 9.59 Å². The lowest BCUT2D eigenvalue weighted by Crippen LogP contribution is -2.46. The average molecular weight is 465 g/mol. The molecule has 0 unspecified atom stereocenters. The molecule has 0 radical (unpaired) electrons. The highest BCUT2D eigenvalue weighted by Crippen LogP contribution is 2.27. The summed E-state index contributed by atoms with van der Waals surface area (Å²) in [6.45, 7) is 0.976. The molecule has 2 aromatic rings. The molecule has 1 N–H and O–H groups in total. The van der Waals surface area contributed by atoms with Gasteiger partial charge in [0.1, 0.15) is 17.3 Å². The van der Waals surface area contributed by atoms with Gasteiger partial charge in [-0.1, -0.05) is 15.9 Å². The van der Waals surface area contributed by atoms with Crippen LogP contribution in [0.5, 0.6) is 11.5 Å².